The summed E-state index contributed by atoms with van der Waals surface area (Å²) in [6, 6.07) is 9.60. The number of nitrogens with one attached hydrogen (secondary N) is 1. The SMILES string of the molecule is C[C@H](OC(=O)c1ccc2c(c1)C[C@H](C)N2S(C)(=O)=O)C(=O)Nc1ccc(F)cc1. The Morgan fingerprint density at radius 3 is 2.48 bits per heavy atom. The Kier molecular flexibility index (Phi) is 5.61. The minimum Gasteiger partial charge on any atom is -0.449 e. The molecule has 7 nitrogen and oxygen atoms in total. The molecule has 1 amide bonds. The van der Waals surface area contributed by atoms with Crippen LogP contribution in [-0.2, 0) is 26.0 Å². The fourth-order valence-electron chi connectivity index (χ4n) is 3.29. The Bertz CT molecular complexity index is 1050. The van der Waals surface area contributed by atoms with Crippen LogP contribution in [0.1, 0.15) is 29.8 Å². The molecular formula is C20H21FN2O5S. The van der Waals surface area contributed by atoms with Crippen molar-refractivity contribution in [1.82, 2.24) is 0 Å². The standard InChI is InChI=1S/C20H21FN2O5S/c1-12-10-15-11-14(4-9-18(15)23(12)29(3,26)27)20(25)28-13(2)19(24)22-17-7-5-16(21)6-8-17/h4-9,11-13H,10H2,1-3H3,(H,22,24)/t12-,13-/m0/s1. The van der Waals surface area contributed by atoms with Gasteiger partial charge in [0.05, 0.1) is 17.5 Å². The van der Waals surface area contributed by atoms with Gasteiger partial charge < -0.3 is 10.1 Å². The fourth-order valence-corrected chi connectivity index (χ4v) is 4.56. The highest BCUT2D eigenvalue weighted by molar-refractivity contribution is 7.92. The number of halogens is 1. The average molecular weight is 420 g/mol. The molecule has 3 rings (SSSR count). The molecule has 154 valence electrons. The van der Waals surface area contributed by atoms with Crippen molar-refractivity contribution in [3.8, 4) is 0 Å². The molecule has 2 aromatic carbocycles. The highest BCUT2D eigenvalue weighted by Gasteiger charge is 2.33. The maximum Gasteiger partial charge on any atom is 0.338 e. The van der Waals surface area contributed by atoms with Crippen LogP contribution in [0.4, 0.5) is 15.8 Å². The van der Waals surface area contributed by atoms with Crippen LogP contribution in [0.15, 0.2) is 42.5 Å². The third-order valence-corrected chi connectivity index (χ3v) is 5.86. The highest BCUT2D eigenvalue weighted by atomic mass is 32.2. The number of amides is 1. The number of nitrogens with zero attached hydrogens (tertiary/aromatic N) is 1. The van der Waals surface area contributed by atoms with Crippen LogP contribution >= 0.6 is 0 Å². The highest BCUT2D eigenvalue weighted by Crippen LogP contribution is 2.34. The van der Waals surface area contributed by atoms with Crippen LogP contribution in [0.2, 0.25) is 0 Å². The third-order valence-electron chi connectivity index (χ3n) is 4.59. The second kappa shape index (κ2) is 7.82. The van der Waals surface area contributed by atoms with E-state index >= 15 is 0 Å². The number of fused-ring (bicyclic) bond motifs is 1. The first-order valence-corrected chi connectivity index (χ1v) is 10.8. The molecule has 0 saturated heterocycles. The monoisotopic (exact) mass is 420 g/mol. The first-order valence-electron chi connectivity index (χ1n) is 8.96. The summed E-state index contributed by atoms with van der Waals surface area (Å²) in [7, 11) is -3.42. The molecule has 1 aliphatic rings. The molecule has 1 heterocycles. The lowest BCUT2D eigenvalue weighted by atomic mass is 10.1. The average Bonchev–Trinajstić information content (AvgIpc) is 2.98. The van der Waals surface area contributed by atoms with E-state index in [0.717, 1.165) is 11.8 Å². The van der Waals surface area contributed by atoms with E-state index in [1.54, 1.807) is 19.1 Å². The molecule has 1 aliphatic heterocycles. The summed E-state index contributed by atoms with van der Waals surface area (Å²) in [4.78, 5) is 24.6. The zero-order chi connectivity index (χ0) is 21.3. The normalized spacial score (nSPS) is 16.8. The summed E-state index contributed by atoms with van der Waals surface area (Å²) < 4.78 is 43.4. The molecule has 29 heavy (non-hydrogen) atoms. The van der Waals surface area contributed by atoms with E-state index in [2.05, 4.69) is 5.32 Å². The van der Waals surface area contributed by atoms with Crippen molar-refractivity contribution in [3.05, 3.63) is 59.4 Å². The van der Waals surface area contributed by atoms with Crippen molar-refractivity contribution in [1.29, 1.82) is 0 Å². The number of hydrogen-bond donors (Lipinski definition) is 1. The van der Waals surface area contributed by atoms with Crippen LogP contribution in [-0.4, -0.2) is 38.7 Å². The molecule has 0 radical (unpaired) electrons. The zero-order valence-corrected chi connectivity index (χ0v) is 17.0. The molecule has 0 aromatic heterocycles. The predicted molar refractivity (Wildman–Crippen MR) is 107 cm³/mol. The van der Waals surface area contributed by atoms with E-state index in [-0.39, 0.29) is 11.6 Å². The Morgan fingerprint density at radius 1 is 1.21 bits per heavy atom. The third kappa shape index (κ3) is 4.56. The van der Waals surface area contributed by atoms with Crippen molar-refractivity contribution in [2.45, 2.75) is 32.4 Å². The molecule has 0 aliphatic carbocycles. The number of anilines is 2. The van der Waals surface area contributed by atoms with E-state index in [1.807, 2.05) is 0 Å². The number of rotatable bonds is 5. The van der Waals surface area contributed by atoms with Gasteiger partial charge in [-0.15, -0.1) is 0 Å². The Morgan fingerprint density at radius 2 is 1.86 bits per heavy atom. The predicted octanol–water partition coefficient (Wildman–Crippen LogP) is 2.72. The number of carbonyl (C=O) groups is 2. The minimum atomic E-state index is -3.42. The van der Waals surface area contributed by atoms with Crippen molar-refractivity contribution < 1.29 is 27.1 Å². The lowest BCUT2D eigenvalue weighted by Crippen LogP contribution is -2.34. The zero-order valence-electron chi connectivity index (χ0n) is 16.2. The summed E-state index contributed by atoms with van der Waals surface area (Å²) in [5, 5.41) is 2.54. The molecule has 0 fully saturated rings. The minimum absolute atomic E-state index is 0.229. The van der Waals surface area contributed by atoms with Gasteiger partial charge in [-0.2, -0.15) is 0 Å². The van der Waals surface area contributed by atoms with Crippen molar-refractivity contribution in [3.63, 3.8) is 0 Å². The van der Waals surface area contributed by atoms with Crippen LogP contribution < -0.4 is 9.62 Å². The second-order valence-electron chi connectivity index (χ2n) is 7.00. The summed E-state index contributed by atoms with van der Waals surface area (Å²) in [5.41, 5.74) is 1.87. The number of hydrogen-bond acceptors (Lipinski definition) is 5. The van der Waals surface area contributed by atoms with E-state index in [1.165, 1.54) is 41.6 Å². The molecule has 0 bridgehead atoms. The van der Waals surface area contributed by atoms with Gasteiger partial charge in [-0.25, -0.2) is 17.6 Å². The van der Waals surface area contributed by atoms with Gasteiger partial charge in [0, 0.05) is 11.7 Å². The van der Waals surface area contributed by atoms with Gasteiger partial charge in [-0.1, -0.05) is 0 Å². The van der Waals surface area contributed by atoms with E-state index in [4.69, 9.17) is 4.74 Å². The molecule has 2 aromatic rings. The van der Waals surface area contributed by atoms with Gasteiger partial charge in [0.2, 0.25) is 10.0 Å². The Balaban J connectivity index is 1.69. The maximum absolute atomic E-state index is 12.9. The molecule has 0 saturated carbocycles. The molecule has 0 unspecified atom stereocenters. The summed E-state index contributed by atoms with van der Waals surface area (Å²) in [6.07, 6.45) is 0.541. The van der Waals surface area contributed by atoms with E-state index in [0.29, 0.717) is 17.8 Å². The Labute approximate surface area is 168 Å². The maximum atomic E-state index is 12.9. The lowest BCUT2D eigenvalue weighted by Gasteiger charge is -2.22. The smallest absolute Gasteiger partial charge is 0.338 e. The second-order valence-corrected chi connectivity index (χ2v) is 8.86. The van der Waals surface area contributed by atoms with Crippen LogP contribution in [0.25, 0.3) is 0 Å². The first kappa shape index (κ1) is 20.8. The molecule has 1 N–H and O–H groups in total. The summed E-state index contributed by atoms with van der Waals surface area (Å²) in [5.74, 6) is -1.68. The number of benzene rings is 2. The van der Waals surface area contributed by atoms with Gasteiger partial charge in [-0.3, -0.25) is 9.10 Å². The number of carbonyl (C=O) groups excluding carboxylic acids is 2. The van der Waals surface area contributed by atoms with Crippen molar-refractivity contribution in [2.75, 3.05) is 15.9 Å². The van der Waals surface area contributed by atoms with Gasteiger partial charge in [0.1, 0.15) is 5.82 Å². The Hall–Kier alpha value is -2.94. The number of ether oxygens (including phenoxy) is 1. The van der Waals surface area contributed by atoms with Gasteiger partial charge in [0.15, 0.2) is 6.10 Å². The van der Waals surface area contributed by atoms with Crippen molar-refractivity contribution in [2.24, 2.45) is 0 Å². The van der Waals surface area contributed by atoms with E-state index < -0.39 is 33.8 Å². The van der Waals surface area contributed by atoms with E-state index in [9.17, 15) is 22.4 Å². The van der Waals surface area contributed by atoms with Gasteiger partial charge in [-0.05, 0) is 68.3 Å². The topological polar surface area (TPSA) is 92.8 Å². The molecule has 2 atom stereocenters. The van der Waals surface area contributed by atoms with Crippen LogP contribution in [0.5, 0.6) is 0 Å². The van der Waals surface area contributed by atoms with Gasteiger partial charge >= 0.3 is 5.97 Å². The number of esters is 1. The lowest BCUT2D eigenvalue weighted by molar-refractivity contribution is -0.123. The van der Waals surface area contributed by atoms with Crippen LogP contribution in [0.3, 0.4) is 0 Å². The van der Waals surface area contributed by atoms with Crippen molar-refractivity contribution >= 4 is 33.3 Å². The molecule has 9 heteroatoms. The summed E-state index contributed by atoms with van der Waals surface area (Å²) in [6.45, 7) is 3.22. The quantitative estimate of drug-likeness (QED) is 0.751. The largest absolute Gasteiger partial charge is 0.449 e. The molecular weight excluding hydrogens is 399 g/mol. The molecule has 0 spiro atoms. The first-order chi connectivity index (χ1) is 13.6. The summed E-state index contributed by atoms with van der Waals surface area (Å²) >= 11 is 0. The van der Waals surface area contributed by atoms with Crippen LogP contribution in [0, 0.1) is 5.82 Å². The van der Waals surface area contributed by atoms with Gasteiger partial charge in [0.25, 0.3) is 5.91 Å². The number of sulfonamides is 1. The fraction of sp³-hybridized carbons (Fsp3) is 0.300.